The highest BCUT2D eigenvalue weighted by atomic mass is 15.2. The van der Waals surface area contributed by atoms with Gasteiger partial charge in [0.25, 0.3) is 0 Å². The van der Waals surface area contributed by atoms with Crippen LogP contribution in [0.5, 0.6) is 0 Å². The quantitative estimate of drug-likeness (QED) is 0.627. The van der Waals surface area contributed by atoms with Crippen LogP contribution in [0.1, 0.15) is 6.42 Å². The van der Waals surface area contributed by atoms with Gasteiger partial charge in [0.05, 0.1) is 0 Å². The van der Waals surface area contributed by atoms with Crippen molar-refractivity contribution in [2.75, 3.05) is 32.7 Å². The molecule has 0 saturated carbocycles. The molecule has 1 heterocycles. The first-order chi connectivity index (χ1) is 5.93. The summed E-state index contributed by atoms with van der Waals surface area (Å²) in [7, 11) is 0. The minimum absolute atomic E-state index is 1.14. The fourth-order valence-electron chi connectivity index (χ4n) is 1.38. The van der Waals surface area contributed by atoms with E-state index in [2.05, 4.69) is 22.9 Å². The van der Waals surface area contributed by atoms with E-state index >= 15 is 0 Å². The van der Waals surface area contributed by atoms with Crippen LogP contribution in [-0.4, -0.2) is 37.6 Å². The van der Waals surface area contributed by atoms with Crippen molar-refractivity contribution in [2.24, 2.45) is 0 Å². The molecule has 0 aromatic heterocycles. The van der Waals surface area contributed by atoms with E-state index in [1.54, 1.807) is 0 Å². The minimum atomic E-state index is 1.14. The summed E-state index contributed by atoms with van der Waals surface area (Å²) in [5, 5.41) is 3.34. The summed E-state index contributed by atoms with van der Waals surface area (Å²) in [6.07, 6.45) is 7.17. The molecule has 0 unspecified atom stereocenters. The van der Waals surface area contributed by atoms with E-state index in [0.717, 1.165) is 19.5 Å². The molecule has 0 aromatic carbocycles. The second-order valence-corrected chi connectivity index (χ2v) is 3.04. The first kappa shape index (κ1) is 9.49. The number of nitrogens with one attached hydrogen (secondary N) is 1. The standard InChI is InChI=1S/C10H18N2/c1-2-3-4-5-8-12-9-6-11-7-10-12/h2-4,11H,1,5-10H2/b4-3+. The van der Waals surface area contributed by atoms with Crippen molar-refractivity contribution in [3.8, 4) is 0 Å². The molecule has 1 aliphatic rings. The maximum Gasteiger partial charge on any atom is 0.0107 e. The van der Waals surface area contributed by atoms with Gasteiger partial charge in [-0.3, -0.25) is 0 Å². The monoisotopic (exact) mass is 166 g/mol. The third-order valence-corrected chi connectivity index (χ3v) is 2.09. The van der Waals surface area contributed by atoms with E-state index in [-0.39, 0.29) is 0 Å². The van der Waals surface area contributed by atoms with Crippen LogP contribution in [0.15, 0.2) is 24.8 Å². The molecule has 12 heavy (non-hydrogen) atoms. The van der Waals surface area contributed by atoms with E-state index < -0.39 is 0 Å². The molecule has 2 nitrogen and oxygen atoms in total. The molecule has 1 fully saturated rings. The normalized spacial score (nSPS) is 20.0. The first-order valence-electron chi connectivity index (χ1n) is 4.64. The summed E-state index contributed by atoms with van der Waals surface area (Å²) in [5.41, 5.74) is 0. The lowest BCUT2D eigenvalue weighted by molar-refractivity contribution is 0.245. The molecule has 1 aliphatic heterocycles. The number of piperazine rings is 1. The molecule has 0 spiro atoms. The summed E-state index contributed by atoms with van der Waals surface area (Å²) < 4.78 is 0. The molecule has 1 saturated heterocycles. The summed E-state index contributed by atoms with van der Waals surface area (Å²) >= 11 is 0. The van der Waals surface area contributed by atoms with Gasteiger partial charge >= 0.3 is 0 Å². The van der Waals surface area contributed by atoms with Crippen LogP contribution < -0.4 is 5.32 Å². The van der Waals surface area contributed by atoms with Crippen molar-refractivity contribution in [1.82, 2.24) is 10.2 Å². The fraction of sp³-hybridized carbons (Fsp3) is 0.600. The van der Waals surface area contributed by atoms with E-state index in [4.69, 9.17) is 0 Å². The zero-order chi connectivity index (χ0) is 8.65. The van der Waals surface area contributed by atoms with Crippen molar-refractivity contribution in [3.05, 3.63) is 24.8 Å². The van der Waals surface area contributed by atoms with Crippen molar-refractivity contribution in [2.45, 2.75) is 6.42 Å². The van der Waals surface area contributed by atoms with Crippen LogP contribution >= 0.6 is 0 Å². The summed E-state index contributed by atoms with van der Waals surface area (Å²) in [6, 6.07) is 0. The zero-order valence-corrected chi connectivity index (χ0v) is 7.63. The molecule has 68 valence electrons. The van der Waals surface area contributed by atoms with Crippen LogP contribution in [0.3, 0.4) is 0 Å². The third kappa shape index (κ3) is 3.69. The van der Waals surface area contributed by atoms with Crippen LogP contribution in [0, 0.1) is 0 Å². The van der Waals surface area contributed by atoms with Crippen molar-refractivity contribution >= 4 is 0 Å². The summed E-state index contributed by atoms with van der Waals surface area (Å²) in [6.45, 7) is 9.50. The Labute approximate surface area is 74.9 Å². The maximum absolute atomic E-state index is 3.63. The van der Waals surface area contributed by atoms with Gasteiger partial charge in [0.1, 0.15) is 0 Å². The Morgan fingerprint density at radius 2 is 2.08 bits per heavy atom. The Morgan fingerprint density at radius 3 is 2.75 bits per heavy atom. The lowest BCUT2D eigenvalue weighted by Crippen LogP contribution is -2.43. The highest BCUT2D eigenvalue weighted by Crippen LogP contribution is 1.94. The van der Waals surface area contributed by atoms with Gasteiger partial charge in [0.15, 0.2) is 0 Å². The molecule has 2 heteroatoms. The molecule has 1 rings (SSSR count). The Morgan fingerprint density at radius 1 is 1.33 bits per heavy atom. The number of rotatable bonds is 4. The zero-order valence-electron chi connectivity index (χ0n) is 7.63. The Kier molecular flexibility index (Phi) is 4.73. The van der Waals surface area contributed by atoms with Crippen LogP contribution in [-0.2, 0) is 0 Å². The van der Waals surface area contributed by atoms with Gasteiger partial charge < -0.3 is 10.2 Å². The van der Waals surface area contributed by atoms with Crippen molar-refractivity contribution < 1.29 is 0 Å². The Hall–Kier alpha value is -0.600. The molecule has 1 N–H and O–H groups in total. The number of allylic oxidation sites excluding steroid dienone is 2. The predicted octanol–water partition coefficient (Wildman–Crippen LogP) is 1.02. The molecule has 0 atom stereocenters. The van der Waals surface area contributed by atoms with Gasteiger partial charge in [-0.1, -0.05) is 24.8 Å². The average molecular weight is 166 g/mol. The van der Waals surface area contributed by atoms with E-state index in [9.17, 15) is 0 Å². The van der Waals surface area contributed by atoms with Gasteiger partial charge in [-0.25, -0.2) is 0 Å². The second-order valence-electron chi connectivity index (χ2n) is 3.04. The van der Waals surface area contributed by atoms with Crippen molar-refractivity contribution in [1.29, 1.82) is 0 Å². The fourth-order valence-corrected chi connectivity index (χ4v) is 1.38. The molecule has 0 amide bonds. The van der Waals surface area contributed by atoms with Crippen LogP contribution in [0.2, 0.25) is 0 Å². The second kappa shape index (κ2) is 5.98. The Balaban J connectivity index is 2.05. The number of nitrogens with zero attached hydrogens (tertiary/aromatic N) is 1. The lowest BCUT2D eigenvalue weighted by Gasteiger charge is -2.26. The minimum Gasteiger partial charge on any atom is -0.314 e. The lowest BCUT2D eigenvalue weighted by atomic mass is 10.3. The maximum atomic E-state index is 3.63. The van der Waals surface area contributed by atoms with Crippen LogP contribution in [0.4, 0.5) is 0 Å². The van der Waals surface area contributed by atoms with Gasteiger partial charge in [0, 0.05) is 32.7 Å². The Bertz CT molecular complexity index is 146. The first-order valence-corrected chi connectivity index (χ1v) is 4.64. The topological polar surface area (TPSA) is 15.3 Å². The van der Waals surface area contributed by atoms with Crippen LogP contribution in [0.25, 0.3) is 0 Å². The third-order valence-electron chi connectivity index (χ3n) is 2.09. The highest BCUT2D eigenvalue weighted by molar-refractivity contribution is 4.97. The molecular formula is C10H18N2. The van der Waals surface area contributed by atoms with Gasteiger partial charge in [0.2, 0.25) is 0 Å². The highest BCUT2D eigenvalue weighted by Gasteiger charge is 2.06. The largest absolute Gasteiger partial charge is 0.314 e. The number of hydrogen-bond donors (Lipinski definition) is 1. The molecule has 0 bridgehead atoms. The van der Waals surface area contributed by atoms with Gasteiger partial charge in [-0.2, -0.15) is 0 Å². The van der Waals surface area contributed by atoms with E-state index in [1.807, 2.05) is 12.2 Å². The molecule has 0 aromatic rings. The average Bonchev–Trinajstić information content (AvgIpc) is 2.14. The smallest absolute Gasteiger partial charge is 0.0107 e. The van der Waals surface area contributed by atoms with E-state index in [0.29, 0.717) is 0 Å². The number of hydrogen-bond acceptors (Lipinski definition) is 2. The van der Waals surface area contributed by atoms with Crippen molar-refractivity contribution in [3.63, 3.8) is 0 Å². The predicted molar refractivity (Wildman–Crippen MR) is 53.3 cm³/mol. The molecular weight excluding hydrogens is 148 g/mol. The van der Waals surface area contributed by atoms with Gasteiger partial charge in [-0.15, -0.1) is 0 Å². The summed E-state index contributed by atoms with van der Waals surface area (Å²) in [5.74, 6) is 0. The SMILES string of the molecule is C=C/C=C/CCN1CCNCC1. The van der Waals surface area contributed by atoms with Gasteiger partial charge in [-0.05, 0) is 6.42 Å². The van der Waals surface area contributed by atoms with E-state index in [1.165, 1.54) is 19.6 Å². The molecule has 0 radical (unpaired) electrons. The summed E-state index contributed by atoms with van der Waals surface area (Å²) in [4.78, 5) is 2.49. The molecule has 0 aliphatic carbocycles.